The monoisotopic (exact) mass is 442 g/mol. The molecule has 0 aliphatic carbocycles. The minimum Gasteiger partial charge on any atom is -0.394 e. The van der Waals surface area contributed by atoms with Crippen LogP contribution in [0.1, 0.15) is 110 Å². The maximum atomic E-state index is 10.1. The van der Waals surface area contributed by atoms with Crippen LogP contribution in [0.3, 0.4) is 0 Å². The molecule has 0 spiro atoms. The molecule has 4 atom stereocenters. The van der Waals surface area contributed by atoms with Crippen LogP contribution in [0.15, 0.2) is 12.2 Å². The van der Waals surface area contributed by atoms with Crippen LogP contribution < -0.4 is 0 Å². The molecule has 0 aromatic rings. The van der Waals surface area contributed by atoms with Crippen molar-refractivity contribution in [2.24, 2.45) is 0 Å². The predicted molar refractivity (Wildman–Crippen MR) is 127 cm³/mol. The summed E-state index contributed by atoms with van der Waals surface area (Å²) in [5.74, 6) is 0. The molecule has 0 saturated carbocycles. The second kappa shape index (κ2) is 20.2. The third-order valence-corrected chi connectivity index (χ3v) is 6.22. The van der Waals surface area contributed by atoms with E-state index in [0.29, 0.717) is 6.61 Å². The lowest BCUT2D eigenvalue weighted by Gasteiger charge is -2.37. The molecular formula is C26H50O5. The summed E-state index contributed by atoms with van der Waals surface area (Å²) in [5.41, 5.74) is 0. The first-order valence-corrected chi connectivity index (χ1v) is 13.1. The summed E-state index contributed by atoms with van der Waals surface area (Å²) < 4.78 is 10.9. The molecule has 0 bridgehead atoms. The lowest BCUT2D eigenvalue weighted by atomic mass is 10.0. The first kappa shape index (κ1) is 28.6. The second-order valence-corrected chi connectivity index (χ2v) is 9.09. The lowest BCUT2D eigenvalue weighted by Crippen LogP contribution is -2.55. The molecule has 5 heteroatoms. The number of aliphatic hydroxyl groups is 3. The molecule has 0 aromatic heterocycles. The van der Waals surface area contributed by atoms with Crippen molar-refractivity contribution in [3.63, 3.8) is 0 Å². The summed E-state index contributed by atoms with van der Waals surface area (Å²) in [6.45, 7) is 2.63. The van der Waals surface area contributed by atoms with E-state index >= 15 is 0 Å². The molecule has 0 radical (unpaired) electrons. The van der Waals surface area contributed by atoms with E-state index in [1.54, 1.807) is 0 Å². The number of hydrogen-bond donors (Lipinski definition) is 3. The number of allylic oxidation sites excluding steroid dienone is 2. The smallest absolute Gasteiger partial charge is 0.114 e. The summed E-state index contributed by atoms with van der Waals surface area (Å²) in [5, 5.41) is 29.2. The van der Waals surface area contributed by atoms with E-state index in [0.717, 1.165) is 12.8 Å². The number of hydrogen-bond acceptors (Lipinski definition) is 5. The molecule has 31 heavy (non-hydrogen) atoms. The van der Waals surface area contributed by atoms with Crippen molar-refractivity contribution in [3.8, 4) is 0 Å². The Labute approximate surface area is 191 Å². The molecule has 184 valence electrons. The molecule has 3 N–H and O–H groups in total. The van der Waals surface area contributed by atoms with Crippen LogP contribution in [0.25, 0.3) is 0 Å². The average molecular weight is 443 g/mol. The Morgan fingerprint density at radius 3 is 1.84 bits per heavy atom. The highest BCUT2D eigenvalue weighted by Crippen LogP contribution is 2.19. The molecule has 1 aliphatic heterocycles. The summed E-state index contributed by atoms with van der Waals surface area (Å²) in [4.78, 5) is 0. The summed E-state index contributed by atoms with van der Waals surface area (Å²) in [6, 6.07) is 0. The molecular weight excluding hydrogens is 392 g/mol. The van der Waals surface area contributed by atoms with Crippen LogP contribution in [0.5, 0.6) is 0 Å². The first-order chi connectivity index (χ1) is 15.2. The highest BCUT2D eigenvalue weighted by Gasteiger charge is 2.38. The zero-order chi connectivity index (χ0) is 22.6. The zero-order valence-electron chi connectivity index (χ0n) is 20.1. The zero-order valence-corrected chi connectivity index (χ0v) is 20.1. The standard InChI is InChI=1S/C26H50O5/c1-2-3-4-5-6-7-8-9-10-11-12-13-14-15-16-17-18-19-20-30-26-23(28)22-31-24(21-27)25(26)29/h6-7,23-29H,2-5,8-22H2,1H3/b7-6+/t23-,24+,25+,26+/m1/s1. The van der Waals surface area contributed by atoms with E-state index in [-0.39, 0.29) is 13.2 Å². The van der Waals surface area contributed by atoms with Crippen molar-refractivity contribution >= 4 is 0 Å². The van der Waals surface area contributed by atoms with E-state index in [4.69, 9.17) is 9.47 Å². The summed E-state index contributed by atoms with van der Waals surface area (Å²) in [7, 11) is 0. The van der Waals surface area contributed by atoms with Gasteiger partial charge in [0.15, 0.2) is 0 Å². The Hall–Kier alpha value is -0.460. The van der Waals surface area contributed by atoms with Gasteiger partial charge in [-0.25, -0.2) is 0 Å². The molecule has 5 nitrogen and oxygen atoms in total. The van der Waals surface area contributed by atoms with Crippen molar-refractivity contribution < 1.29 is 24.8 Å². The van der Waals surface area contributed by atoms with E-state index in [2.05, 4.69) is 19.1 Å². The Morgan fingerprint density at radius 2 is 1.29 bits per heavy atom. The lowest BCUT2D eigenvalue weighted by molar-refractivity contribution is -0.210. The van der Waals surface area contributed by atoms with Crippen LogP contribution in [-0.2, 0) is 9.47 Å². The fourth-order valence-electron chi connectivity index (χ4n) is 4.15. The van der Waals surface area contributed by atoms with Crippen molar-refractivity contribution in [2.75, 3.05) is 19.8 Å². The molecule has 0 amide bonds. The van der Waals surface area contributed by atoms with Gasteiger partial charge in [0, 0.05) is 6.61 Å². The van der Waals surface area contributed by atoms with Gasteiger partial charge in [-0.3, -0.25) is 0 Å². The highest BCUT2D eigenvalue weighted by atomic mass is 16.6. The van der Waals surface area contributed by atoms with Gasteiger partial charge >= 0.3 is 0 Å². The van der Waals surface area contributed by atoms with Crippen LogP contribution >= 0.6 is 0 Å². The third kappa shape index (κ3) is 14.3. The predicted octanol–water partition coefficient (Wildman–Crippen LogP) is 5.30. The molecule has 1 fully saturated rings. The fraction of sp³-hybridized carbons (Fsp3) is 0.923. The van der Waals surface area contributed by atoms with Crippen LogP contribution in [-0.4, -0.2) is 59.6 Å². The van der Waals surface area contributed by atoms with Gasteiger partial charge in [0.1, 0.15) is 24.4 Å². The minimum atomic E-state index is -0.972. The molecule has 1 saturated heterocycles. The minimum absolute atomic E-state index is 0.100. The summed E-state index contributed by atoms with van der Waals surface area (Å²) >= 11 is 0. The van der Waals surface area contributed by atoms with E-state index < -0.39 is 24.4 Å². The summed E-state index contributed by atoms with van der Waals surface area (Å²) in [6.07, 6.45) is 22.2. The number of ether oxygens (including phenoxy) is 2. The van der Waals surface area contributed by atoms with Gasteiger partial charge in [0.25, 0.3) is 0 Å². The van der Waals surface area contributed by atoms with Gasteiger partial charge < -0.3 is 24.8 Å². The SMILES string of the molecule is CCCCC/C=C/CCCCCCCCCCCCCO[C@@H]1[C@@H](O)[C@H](CO)OC[C@H]1O. The number of rotatable bonds is 20. The largest absolute Gasteiger partial charge is 0.394 e. The van der Waals surface area contributed by atoms with E-state index in [9.17, 15) is 15.3 Å². The Kier molecular flexibility index (Phi) is 18.6. The van der Waals surface area contributed by atoms with Gasteiger partial charge in [-0.2, -0.15) is 0 Å². The Balaban J connectivity index is 1.82. The molecule has 0 unspecified atom stereocenters. The maximum absolute atomic E-state index is 10.1. The fourth-order valence-corrected chi connectivity index (χ4v) is 4.15. The Morgan fingerprint density at radius 1 is 0.774 bits per heavy atom. The van der Waals surface area contributed by atoms with Crippen molar-refractivity contribution in [1.82, 2.24) is 0 Å². The normalized spacial score (nSPS) is 24.3. The first-order valence-electron chi connectivity index (χ1n) is 13.1. The highest BCUT2D eigenvalue weighted by molar-refractivity contribution is 4.87. The third-order valence-electron chi connectivity index (χ3n) is 6.22. The van der Waals surface area contributed by atoms with E-state index in [1.165, 1.54) is 89.9 Å². The van der Waals surface area contributed by atoms with Crippen LogP contribution in [0.4, 0.5) is 0 Å². The second-order valence-electron chi connectivity index (χ2n) is 9.09. The Bertz CT molecular complexity index is 415. The van der Waals surface area contributed by atoms with Gasteiger partial charge in [-0.1, -0.05) is 89.7 Å². The van der Waals surface area contributed by atoms with Gasteiger partial charge in [0.05, 0.1) is 13.2 Å². The molecule has 0 aromatic carbocycles. The van der Waals surface area contributed by atoms with Gasteiger partial charge in [-0.05, 0) is 32.1 Å². The molecule has 1 rings (SSSR count). The van der Waals surface area contributed by atoms with Crippen LogP contribution in [0.2, 0.25) is 0 Å². The van der Waals surface area contributed by atoms with Crippen molar-refractivity contribution in [1.29, 1.82) is 0 Å². The maximum Gasteiger partial charge on any atom is 0.114 e. The van der Waals surface area contributed by atoms with Crippen molar-refractivity contribution in [3.05, 3.63) is 12.2 Å². The average Bonchev–Trinajstić information content (AvgIpc) is 2.77. The van der Waals surface area contributed by atoms with E-state index in [1.807, 2.05) is 0 Å². The van der Waals surface area contributed by atoms with Gasteiger partial charge in [0.2, 0.25) is 0 Å². The van der Waals surface area contributed by atoms with Crippen LogP contribution in [0, 0.1) is 0 Å². The van der Waals surface area contributed by atoms with Gasteiger partial charge in [-0.15, -0.1) is 0 Å². The topological polar surface area (TPSA) is 79.2 Å². The number of aliphatic hydroxyl groups excluding tert-OH is 3. The van der Waals surface area contributed by atoms with Crippen molar-refractivity contribution in [2.45, 2.75) is 134 Å². The molecule has 1 aliphatic rings. The quantitative estimate of drug-likeness (QED) is 0.176. The number of unbranched alkanes of at least 4 members (excludes halogenated alkanes) is 14. The molecule has 1 heterocycles.